The second-order valence-corrected chi connectivity index (χ2v) is 12.6. The SMILES string of the molecule is Cc1cccc(C(NC(=O)c2ccc(C(F)(F)F)[nH]c2=O)c2cccc(CC3CC(NC(=O)c4ccc(C(F)(F)F)[nH]c4=O)c4ccccc43)c2)c1. The number of carbonyl (C=O) groups excluding carboxylic acids is 2. The molecular formula is C38H30F6N4O4. The van der Waals surface area contributed by atoms with Crippen molar-refractivity contribution < 1.29 is 35.9 Å². The molecule has 0 radical (unpaired) electrons. The van der Waals surface area contributed by atoms with Gasteiger partial charge in [-0.25, -0.2) is 0 Å². The number of aromatic nitrogens is 2. The maximum atomic E-state index is 13.4. The van der Waals surface area contributed by atoms with Crippen LogP contribution in [0.3, 0.4) is 0 Å². The summed E-state index contributed by atoms with van der Waals surface area (Å²) in [6, 6.07) is 23.6. The van der Waals surface area contributed by atoms with Crippen LogP contribution in [0.1, 0.15) is 89.9 Å². The largest absolute Gasteiger partial charge is 0.431 e. The molecule has 3 aromatic carbocycles. The molecule has 1 aliphatic rings. The molecular weight excluding hydrogens is 690 g/mol. The molecule has 0 bridgehead atoms. The van der Waals surface area contributed by atoms with Gasteiger partial charge in [0.25, 0.3) is 22.9 Å². The lowest BCUT2D eigenvalue weighted by Crippen LogP contribution is -2.34. The van der Waals surface area contributed by atoms with E-state index in [9.17, 15) is 45.5 Å². The van der Waals surface area contributed by atoms with Crippen LogP contribution in [0.15, 0.2) is 107 Å². The molecule has 5 aromatic rings. The molecule has 3 atom stereocenters. The van der Waals surface area contributed by atoms with Crippen LogP contribution in [-0.2, 0) is 18.8 Å². The lowest BCUT2D eigenvalue weighted by Gasteiger charge is -2.22. The molecule has 4 N–H and O–H groups in total. The normalized spacial score (nSPS) is 16.2. The number of aromatic amines is 2. The van der Waals surface area contributed by atoms with Crippen molar-refractivity contribution in [2.45, 2.75) is 50.1 Å². The minimum atomic E-state index is -4.80. The average Bonchev–Trinajstić information content (AvgIpc) is 3.42. The van der Waals surface area contributed by atoms with Crippen LogP contribution in [-0.4, -0.2) is 21.8 Å². The van der Waals surface area contributed by atoms with Gasteiger partial charge in [0.15, 0.2) is 0 Å². The summed E-state index contributed by atoms with van der Waals surface area (Å²) >= 11 is 0. The van der Waals surface area contributed by atoms with Crippen molar-refractivity contribution in [1.29, 1.82) is 0 Å². The van der Waals surface area contributed by atoms with Crippen LogP contribution in [0, 0.1) is 6.92 Å². The third-order valence-corrected chi connectivity index (χ3v) is 8.97. The molecule has 268 valence electrons. The molecule has 2 amide bonds. The van der Waals surface area contributed by atoms with Crippen molar-refractivity contribution in [1.82, 2.24) is 20.6 Å². The molecule has 2 aromatic heterocycles. The Bertz CT molecular complexity index is 2280. The van der Waals surface area contributed by atoms with E-state index in [1.807, 2.05) is 49.4 Å². The van der Waals surface area contributed by atoms with E-state index in [1.165, 1.54) is 0 Å². The Balaban J connectivity index is 1.25. The number of nitrogens with one attached hydrogen (secondary N) is 4. The van der Waals surface area contributed by atoms with E-state index >= 15 is 0 Å². The van der Waals surface area contributed by atoms with Crippen molar-refractivity contribution in [3.8, 4) is 0 Å². The number of carbonyl (C=O) groups is 2. The molecule has 14 heteroatoms. The second-order valence-electron chi connectivity index (χ2n) is 12.6. The van der Waals surface area contributed by atoms with Gasteiger partial charge >= 0.3 is 12.4 Å². The molecule has 1 aliphatic carbocycles. The number of alkyl halides is 6. The van der Waals surface area contributed by atoms with E-state index in [1.54, 1.807) is 40.3 Å². The van der Waals surface area contributed by atoms with Crippen LogP contribution in [0.5, 0.6) is 0 Å². The van der Waals surface area contributed by atoms with Gasteiger partial charge in [-0.05, 0) is 77.8 Å². The summed E-state index contributed by atoms with van der Waals surface area (Å²) in [6.45, 7) is 1.86. The third-order valence-electron chi connectivity index (χ3n) is 8.97. The summed E-state index contributed by atoms with van der Waals surface area (Å²) < 4.78 is 78.5. The topological polar surface area (TPSA) is 124 Å². The number of benzene rings is 3. The first-order valence-electron chi connectivity index (χ1n) is 16.1. The molecule has 3 unspecified atom stereocenters. The van der Waals surface area contributed by atoms with E-state index in [-0.39, 0.29) is 5.92 Å². The second kappa shape index (κ2) is 14.0. The van der Waals surface area contributed by atoms with Crippen molar-refractivity contribution in [2.75, 3.05) is 0 Å². The summed E-state index contributed by atoms with van der Waals surface area (Å²) in [5.41, 5.74) is -1.06. The summed E-state index contributed by atoms with van der Waals surface area (Å²) in [5.74, 6) is -1.82. The predicted molar refractivity (Wildman–Crippen MR) is 179 cm³/mol. The molecule has 0 saturated carbocycles. The van der Waals surface area contributed by atoms with Crippen LogP contribution >= 0.6 is 0 Å². The highest BCUT2D eigenvalue weighted by Gasteiger charge is 2.35. The van der Waals surface area contributed by atoms with Gasteiger partial charge < -0.3 is 20.6 Å². The van der Waals surface area contributed by atoms with Gasteiger partial charge in [-0.1, -0.05) is 78.4 Å². The first-order chi connectivity index (χ1) is 24.6. The van der Waals surface area contributed by atoms with Gasteiger partial charge in [0.2, 0.25) is 0 Å². The van der Waals surface area contributed by atoms with Gasteiger partial charge in [-0.3, -0.25) is 19.2 Å². The van der Waals surface area contributed by atoms with E-state index in [0.29, 0.717) is 36.1 Å². The minimum Gasteiger partial charge on any atom is -0.345 e. The quantitative estimate of drug-likeness (QED) is 0.127. The van der Waals surface area contributed by atoms with Gasteiger partial charge in [0, 0.05) is 0 Å². The Kier molecular flexibility index (Phi) is 9.67. The van der Waals surface area contributed by atoms with Crippen molar-refractivity contribution in [2.24, 2.45) is 0 Å². The van der Waals surface area contributed by atoms with Crippen LogP contribution in [0.25, 0.3) is 0 Å². The molecule has 0 fully saturated rings. The first-order valence-corrected chi connectivity index (χ1v) is 16.1. The zero-order valence-corrected chi connectivity index (χ0v) is 27.3. The lowest BCUT2D eigenvalue weighted by molar-refractivity contribution is -0.142. The van der Waals surface area contributed by atoms with E-state index in [2.05, 4.69) is 10.6 Å². The molecule has 0 aliphatic heterocycles. The van der Waals surface area contributed by atoms with Gasteiger partial charge in [-0.15, -0.1) is 0 Å². The number of fused-ring (bicyclic) bond motifs is 1. The number of pyridine rings is 2. The van der Waals surface area contributed by atoms with Crippen LogP contribution in [0.4, 0.5) is 26.3 Å². The van der Waals surface area contributed by atoms with Crippen LogP contribution in [0.2, 0.25) is 0 Å². The number of hydrogen-bond donors (Lipinski definition) is 4. The Morgan fingerprint density at radius 1 is 0.712 bits per heavy atom. The first kappa shape index (κ1) is 35.9. The molecule has 52 heavy (non-hydrogen) atoms. The lowest BCUT2D eigenvalue weighted by atomic mass is 9.90. The third kappa shape index (κ3) is 7.70. The molecule has 0 spiro atoms. The Hall–Kier alpha value is -5.92. The van der Waals surface area contributed by atoms with E-state index in [0.717, 1.165) is 34.4 Å². The zero-order chi connectivity index (χ0) is 37.4. The molecule has 6 rings (SSSR count). The van der Waals surface area contributed by atoms with Crippen molar-refractivity contribution in [3.05, 3.63) is 174 Å². The Morgan fingerprint density at radius 2 is 1.27 bits per heavy atom. The van der Waals surface area contributed by atoms with Crippen molar-refractivity contribution >= 4 is 11.8 Å². The monoisotopic (exact) mass is 720 g/mol. The maximum Gasteiger partial charge on any atom is 0.431 e. The predicted octanol–water partition coefficient (Wildman–Crippen LogP) is 7.13. The summed E-state index contributed by atoms with van der Waals surface area (Å²) in [6.07, 6.45) is -8.68. The average molecular weight is 721 g/mol. The number of halogens is 6. The minimum absolute atomic E-state index is 0.125. The van der Waals surface area contributed by atoms with E-state index < -0.39 is 69.9 Å². The standard InChI is InChI=1S/C38H30F6N4O4/c1-20-6-4-8-22(16-20)32(48-36(52)28-13-15-31(38(42,43)44)47-35(28)51)23-9-5-7-21(17-23)18-24-19-29(26-11-3-2-10-25(24)26)45-33(49)27-12-14-30(37(39,40)41)46-34(27)50/h2-17,24,29,32H,18-19H2,1H3,(H,45,49)(H,46,50)(H,47,51)(H,48,52). The maximum absolute atomic E-state index is 13.4. The molecule has 0 saturated heterocycles. The fourth-order valence-electron chi connectivity index (χ4n) is 6.54. The number of hydrogen-bond acceptors (Lipinski definition) is 4. The molecule has 2 heterocycles. The van der Waals surface area contributed by atoms with Gasteiger partial charge in [0.05, 0.1) is 12.1 Å². The highest BCUT2D eigenvalue weighted by Crippen LogP contribution is 2.42. The highest BCUT2D eigenvalue weighted by molar-refractivity contribution is 5.94. The smallest absolute Gasteiger partial charge is 0.345 e. The summed E-state index contributed by atoms with van der Waals surface area (Å²) in [4.78, 5) is 54.8. The summed E-state index contributed by atoms with van der Waals surface area (Å²) in [5, 5.41) is 5.61. The fourth-order valence-corrected chi connectivity index (χ4v) is 6.54. The number of H-pyrrole nitrogens is 2. The van der Waals surface area contributed by atoms with Crippen LogP contribution < -0.4 is 21.8 Å². The van der Waals surface area contributed by atoms with Gasteiger partial charge in [0.1, 0.15) is 22.5 Å². The fraction of sp³-hybridized carbons (Fsp3) is 0.211. The molecule has 8 nitrogen and oxygen atoms in total. The Morgan fingerprint density at radius 3 is 1.85 bits per heavy atom. The number of amides is 2. The zero-order valence-electron chi connectivity index (χ0n) is 27.3. The summed E-state index contributed by atoms with van der Waals surface area (Å²) in [7, 11) is 0. The highest BCUT2D eigenvalue weighted by atomic mass is 19.4. The van der Waals surface area contributed by atoms with Gasteiger partial charge in [-0.2, -0.15) is 26.3 Å². The van der Waals surface area contributed by atoms with E-state index in [4.69, 9.17) is 0 Å². The number of rotatable bonds is 8. The number of aryl methyl sites for hydroxylation is 1. The Labute approximate surface area is 291 Å². The van der Waals surface area contributed by atoms with Crippen molar-refractivity contribution in [3.63, 3.8) is 0 Å².